The zero-order chi connectivity index (χ0) is 15.7. The Morgan fingerprint density at radius 1 is 1.00 bits per heavy atom. The fraction of sp³-hybridized carbons (Fsp3) is 0.632. The van der Waals surface area contributed by atoms with Crippen LogP contribution < -0.4 is 5.32 Å². The molecule has 0 saturated carbocycles. The summed E-state index contributed by atoms with van der Waals surface area (Å²) in [6, 6.07) is 10.2. The van der Waals surface area contributed by atoms with E-state index < -0.39 is 5.41 Å². The van der Waals surface area contributed by atoms with Crippen molar-refractivity contribution in [2.45, 2.75) is 37.2 Å². The number of esters is 1. The molecule has 1 aromatic rings. The van der Waals surface area contributed by atoms with Crippen molar-refractivity contribution < 1.29 is 9.53 Å². The number of nitrogens with zero attached hydrogens (tertiary/aromatic N) is 1. The Kier molecular flexibility index (Phi) is 11.6. The van der Waals surface area contributed by atoms with E-state index in [4.69, 9.17) is 4.74 Å². The average molecular weight is 460 g/mol. The number of hydrogen-bond donors (Lipinski definition) is 1. The maximum absolute atomic E-state index is 13.2. The predicted octanol–water partition coefficient (Wildman–Crippen LogP) is 3.63. The van der Waals surface area contributed by atoms with E-state index in [1.807, 2.05) is 18.2 Å². The lowest BCUT2D eigenvalue weighted by Gasteiger charge is -2.45. The first-order valence-corrected chi connectivity index (χ1v) is 8.98. The monoisotopic (exact) mass is 458 g/mol. The highest BCUT2D eigenvalue weighted by molar-refractivity contribution is 5.86. The average Bonchev–Trinajstić information content (AvgIpc) is 2.64. The largest absolute Gasteiger partial charge is 0.460 e. The zero-order valence-electron chi connectivity index (χ0n) is 15.3. The van der Waals surface area contributed by atoms with Gasteiger partial charge in [-0.05, 0) is 63.3 Å². The van der Waals surface area contributed by atoms with Crippen LogP contribution in [0.5, 0.6) is 0 Å². The van der Waals surface area contributed by atoms with Gasteiger partial charge in [0.1, 0.15) is 6.10 Å². The lowest BCUT2D eigenvalue weighted by molar-refractivity contribution is -0.167. The van der Waals surface area contributed by atoms with Gasteiger partial charge >= 0.3 is 5.97 Å². The lowest BCUT2D eigenvalue weighted by atomic mass is 9.73. The molecule has 4 nitrogen and oxygen atoms in total. The molecule has 1 N–H and O–H groups in total. The molecule has 8 heteroatoms. The van der Waals surface area contributed by atoms with Crippen molar-refractivity contribution in [2.75, 3.05) is 32.7 Å². The van der Waals surface area contributed by atoms with Gasteiger partial charge in [-0.15, -0.1) is 49.6 Å². The number of carbonyl (C=O) groups excluding carboxylic acids is 1. The summed E-state index contributed by atoms with van der Waals surface area (Å²) in [6.07, 6.45) is 4.12. The third-order valence-electron chi connectivity index (χ3n) is 6.03. The molecule has 0 amide bonds. The molecule has 2 bridgehead atoms. The van der Waals surface area contributed by atoms with Crippen LogP contribution in [0, 0.1) is 5.92 Å². The number of nitrogens with one attached hydrogen (secondary N) is 1. The Bertz CT molecular complexity index is 562. The van der Waals surface area contributed by atoms with E-state index in [0.717, 1.165) is 38.0 Å². The van der Waals surface area contributed by atoms with Crippen LogP contribution in [-0.2, 0) is 14.9 Å². The topological polar surface area (TPSA) is 41.6 Å². The molecular formula is C19H30Cl4N2O2. The number of rotatable bonds is 3. The number of carbonyl (C=O) groups is 1. The van der Waals surface area contributed by atoms with Crippen LogP contribution in [-0.4, -0.2) is 49.7 Å². The van der Waals surface area contributed by atoms with Crippen LogP contribution in [0.25, 0.3) is 0 Å². The van der Waals surface area contributed by atoms with E-state index in [0.29, 0.717) is 5.92 Å². The summed E-state index contributed by atoms with van der Waals surface area (Å²) in [4.78, 5) is 15.6. The molecule has 1 atom stereocenters. The number of fused-ring (bicyclic) bond motifs is 3. The highest BCUT2D eigenvalue weighted by Crippen LogP contribution is 2.37. The van der Waals surface area contributed by atoms with E-state index >= 15 is 0 Å². The SMILES string of the molecule is Cl.Cl.Cl.Cl.O=C(O[C@H]1CN2CCC1CC2)C1(c2ccccc2)CCNCC1. The summed E-state index contributed by atoms with van der Waals surface area (Å²) in [5, 5.41) is 3.38. The van der Waals surface area contributed by atoms with Gasteiger partial charge in [0.25, 0.3) is 0 Å². The minimum Gasteiger partial charge on any atom is -0.460 e. The van der Waals surface area contributed by atoms with Gasteiger partial charge in [-0.1, -0.05) is 30.3 Å². The van der Waals surface area contributed by atoms with Gasteiger partial charge in [0.05, 0.1) is 5.41 Å². The van der Waals surface area contributed by atoms with Gasteiger partial charge in [0.15, 0.2) is 0 Å². The molecular weight excluding hydrogens is 430 g/mol. The molecule has 5 rings (SSSR count). The second-order valence-electron chi connectivity index (χ2n) is 7.28. The minimum atomic E-state index is -0.460. The summed E-state index contributed by atoms with van der Waals surface area (Å²) >= 11 is 0. The van der Waals surface area contributed by atoms with Gasteiger partial charge in [0, 0.05) is 6.54 Å². The van der Waals surface area contributed by atoms with Gasteiger partial charge in [-0.3, -0.25) is 9.69 Å². The van der Waals surface area contributed by atoms with Crippen LogP contribution in [0.3, 0.4) is 0 Å². The summed E-state index contributed by atoms with van der Waals surface area (Å²) in [5.41, 5.74) is 0.659. The van der Waals surface area contributed by atoms with Crippen molar-refractivity contribution in [3.05, 3.63) is 35.9 Å². The van der Waals surface area contributed by atoms with Crippen LogP contribution in [0.4, 0.5) is 0 Å². The third-order valence-corrected chi connectivity index (χ3v) is 6.03. The quantitative estimate of drug-likeness (QED) is 0.700. The van der Waals surface area contributed by atoms with Crippen LogP contribution >= 0.6 is 49.6 Å². The first-order valence-electron chi connectivity index (χ1n) is 8.98. The number of hydrogen-bond acceptors (Lipinski definition) is 4. The highest BCUT2D eigenvalue weighted by Gasteiger charge is 2.45. The van der Waals surface area contributed by atoms with Crippen molar-refractivity contribution in [1.29, 1.82) is 0 Å². The van der Waals surface area contributed by atoms with E-state index in [-0.39, 0.29) is 61.7 Å². The van der Waals surface area contributed by atoms with Crippen LogP contribution in [0.1, 0.15) is 31.2 Å². The molecule has 156 valence electrons. The first kappa shape index (κ1) is 26.8. The van der Waals surface area contributed by atoms with Gasteiger partial charge in [0.2, 0.25) is 0 Å². The molecule has 0 aliphatic carbocycles. The molecule has 4 aliphatic rings. The first-order chi connectivity index (χ1) is 11.3. The van der Waals surface area contributed by atoms with E-state index in [9.17, 15) is 4.79 Å². The van der Waals surface area contributed by atoms with Crippen molar-refractivity contribution in [3.8, 4) is 0 Å². The molecule has 0 unspecified atom stereocenters. The van der Waals surface area contributed by atoms with Crippen molar-refractivity contribution in [2.24, 2.45) is 5.92 Å². The lowest BCUT2D eigenvalue weighted by Crippen LogP contribution is -2.54. The van der Waals surface area contributed by atoms with Crippen molar-refractivity contribution in [3.63, 3.8) is 0 Å². The summed E-state index contributed by atoms with van der Waals surface area (Å²) in [6.45, 7) is 5.03. The number of benzene rings is 1. The molecule has 1 aromatic carbocycles. The van der Waals surface area contributed by atoms with E-state index in [1.54, 1.807) is 0 Å². The number of piperidine rings is 4. The molecule has 0 aromatic heterocycles. The molecule has 0 spiro atoms. The van der Waals surface area contributed by atoms with Crippen molar-refractivity contribution >= 4 is 55.6 Å². The van der Waals surface area contributed by atoms with Gasteiger partial charge < -0.3 is 10.1 Å². The summed E-state index contributed by atoms with van der Waals surface area (Å²) in [5.74, 6) is 0.572. The van der Waals surface area contributed by atoms with E-state index in [1.165, 1.54) is 25.9 Å². The Hall–Kier alpha value is -0.230. The molecule has 4 heterocycles. The maximum Gasteiger partial charge on any atom is 0.316 e. The second-order valence-corrected chi connectivity index (χ2v) is 7.28. The van der Waals surface area contributed by atoms with Crippen LogP contribution in [0.2, 0.25) is 0 Å². The minimum absolute atomic E-state index is 0. The Morgan fingerprint density at radius 3 is 2.11 bits per heavy atom. The third kappa shape index (κ3) is 5.43. The normalized spacial score (nSPS) is 27.6. The Labute approximate surface area is 186 Å². The van der Waals surface area contributed by atoms with Gasteiger partial charge in [-0.2, -0.15) is 0 Å². The Morgan fingerprint density at radius 2 is 1.59 bits per heavy atom. The second kappa shape index (κ2) is 11.7. The molecule has 4 fully saturated rings. The zero-order valence-corrected chi connectivity index (χ0v) is 18.6. The molecule has 4 aliphatic heterocycles. The standard InChI is InChI=1S/C19H26N2O2.4ClH/c22-18(23-17-14-21-12-6-15(17)7-13-21)19(8-10-20-11-9-19)16-4-2-1-3-5-16;;;;/h1-5,15,17,20H,6-14H2;4*1H/t17-;;;;/m0..../s1. The number of halogens is 4. The Balaban J connectivity index is 0.00000169. The maximum atomic E-state index is 13.2. The van der Waals surface area contributed by atoms with Gasteiger partial charge in [-0.25, -0.2) is 0 Å². The van der Waals surface area contributed by atoms with Crippen molar-refractivity contribution in [1.82, 2.24) is 10.2 Å². The predicted molar refractivity (Wildman–Crippen MR) is 118 cm³/mol. The highest BCUT2D eigenvalue weighted by atomic mass is 35.5. The van der Waals surface area contributed by atoms with E-state index in [2.05, 4.69) is 22.3 Å². The summed E-state index contributed by atoms with van der Waals surface area (Å²) < 4.78 is 6.11. The fourth-order valence-corrected chi connectivity index (χ4v) is 4.52. The fourth-order valence-electron chi connectivity index (χ4n) is 4.52. The molecule has 4 saturated heterocycles. The summed E-state index contributed by atoms with van der Waals surface area (Å²) in [7, 11) is 0. The molecule has 0 radical (unpaired) electrons. The van der Waals surface area contributed by atoms with Crippen LogP contribution in [0.15, 0.2) is 30.3 Å². The number of ether oxygens (including phenoxy) is 1. The molecule has 27 heavy (non-hydrogen) atoms. The smallest absolute Gasteiger partial charge is 0.316 e.